The molecule has 1 aliphatic rings. The number of carbonyl (C=O) groups is 1. The Labute approximate surface area is 101 Å². The van der Waals surface area contributed by atoms with Gasteiger partial charge in [0.15, 0.2) is 0 Å². The summed E-state index contributed by atoms with van der Waals surface area (Å²) in [5.74, 6) is -0.0928. The number of benzene rings is 1. The Morgan fingerprint density at radius 3 is 2.82 bits per heavy atom. The molecule has 1 aliphatic carbocycles. The Hall–Kier alpha value is -2.08. The Bertz CT molecular complexity index is 483. The molecule has 86 valence electrons. The normalized spacial score (nSPS) is 14.5. The fraction of sp³-hybridized carbons (Fsp3) is 0.286. The highest BCUT2D eigenvalue weighted by atomic mass is 16.2. The molecule has 0 radical (unpaired) electrons. The van der Waals surface area contributed by atoms with Crippen molar-refractivity contribution < 1.29 is 4.79 Å². The van der Waals surface area contributed by atoms with Gasteiger partial charge in [0, 0.05) is 11.7 Å². The fourth-order valence-electron chi connectivity index (χ4n) is 1.99. The van der Waals surface area contributed by atoms with Gasteiger partial charge < -0.3 is 4.90 Å². The second-order valence-electron chi connectivity index (χ2n) is 4.16. The molecule has 0 bridgehead atoms. The van der Waals surface area contributed by atoms with Crippen LogP contribution in [-0.4, -0.2) is 11.9 Å². The highest BCUT2D eigenvalue weighted by Crippen LogP contribution is 2.30. The molecule has 0 atom stereocenters. The summed E-state index contributed by atoms with van der Waals surface area (Å²) in [5, 5.41) is 8.88. The minimum Gasteiger partial charge on any atom is -0.306 e. The topological polar surface area (TPSA) is 44.1 Å². The lowest BCUT2D eigenvalue weighted by Crippen LogP contribution is -2.43. The summed E-state index contributed by atoms with van der Waals surface area (Å²) < 4.78 is 0. The Kier molecular flexibility index (Phi) is 3.24. The first-order valence-corrected chi connectivity index (χ1v) is 5.72. The first-order valence-electron chi connectivity index (χ1n) is 5.72. The molecule has 1 aromatic carbocycles. The molecule has 17 heavy (non-hydrogen) atoms. The number of rotatable bonds is 3. The largest absolute Gasteiger partial charge is 0.306 e. The smallest absolute Gasteiger partial charge is 0.250 e. The molecule has 0 heterocycles. The lowest BCUT2D eigenvalue weighted by molar-refractivity contribution is -0.115. The number of amides is 1. The van der Waals surface area contributed by atoms with E-state index in [-0.39, 0.29) is 11.9 Å². The first-order chi connectivity index (χ1) is 8.26. The van der Waals surface area contributed by atoms with E-state index in [0.29, 0.717) is 5.56 Å². The lowest BCUT2D eigenvalue weighted by atomic mass is 9.90. The van der Waals surface area contributed by atoms with Crippen molar-refractivity contribution in [2.24, 2.45) is 0 Å². The molecule has 2 rings (SSSR count). The molecule has 0 saturated heterocycles. The molecule has 1 saturated carbocycles. The van der Waals surface area contributed by atoms with Crippen molar-refractivity contribution in [2.45, 2.75) is 25.3 Å². The van der Waals surface area contributed by atoms with Crippen LogP contribution >= 0.6 is 0 Å². The van der Waals surface area contributed by atoms with Gasteiger partial charge in [-0.25, -0.2) is 0 Å². The number of hydrogen-bond donors (Lipinski definition) is 0. The maximum atomic E-state index is 11.9. The maximum absolute atomic E-state index is 11.9. The van der Waals surface area contributed by atoms with Crippen LogP contribution in [0.4, 0.5) is 5.69 Å². The Balaban J connectivity index is 2.34. The van der Waals surface area contributed by atoms with E-state index < -0.39 is 0 Å². The van der Waals surface area contributed by atoms with E-state index in [1.165, 1.54) is 6.08 Å². The molecule has 0 N–H and O–H groups in total. The van der Waals surface area contributed by atoms with Crippen LogP contribution in [0.3, 0.4) is 0 Å². The van der Waals surface area contributed by atoms with Crippen molar-refractivity contribution in [3.05, 3.63) is 42.5 Å². The molecule has 3 heteroatoms. The van der Waals surface area contributed by atoms with Gasteiger partial charge in [0.05, 0.1) is 11.6 Å². The van der Waals surface area contributed by atoms with Crippen molar-refractivity contribution in [1.29, 1.82) is 5.26 Å². The summed E-state index contributed by atoms with van der Waals surface area (Å²) in [5.41, 5.74) is 1.36. The Morgan fingerprint density at radius 1 is 1.53 bits per heavy atom. The lowest BCUT2D eigenvalue weighted by Gasteiger charge is -2.37. The van der Waals surface area contributed by atoms with E-state index >= 15 is 0 Å². The minimum absolute atomic E-state index is 0.0928. The van der Waals surface area contributed by atoms with Crippen LogP contribution in [0, 0.1) is 11.3 Å². The van der Waals surface area contributed by atoms with E-state index in [2.05, 4.69) is 12.6 Å². The van der Waals surface area contributed by atoms with E-state index in [0.717, 1.165) is 24.9 Å². The van der Waals surface area contributed by atoms with Crippen LogP contribution in [0.25, 0.3) is 0 Å². The van der Waals surface area contributed by atoms with Gasteiger partial charge in [0.25, 0.3) is 5.91 Å². The summed E-state index contributed by atoms with van der Waals surface area (Å²) >= 11 is 0. The number of hydrogen-bond acceptors (Lipinski definition) is 2. The Morgan fingerprint density at radius 2 is 2.29 bits per heavy atom. The zero-order chi connectivity index (χ0) is 12.3. The molecule has 1 amide bonds. The zero-order valence-electron chi connectivity index (χ0n) is 9.60. The molecule has 0 aliphatic heterocycles. The van der Waals surface area contributed by atoms with Crippen molar-refractivity contribution in [1.82, 2.24) is 0 Å². The average molecular weight is 226 g/mol. The fourth-order valence-corrected chi connectivity index (χ4v) is 1.99. The van der Waals surface area contributed by atoms with Gasteiger partial charge in [-0.05, 0) is 43.5 Å². The number of anilines is 1. The summed E-state index contributed by atoms with van der Waals surface area (Å²) in [6.45, 7) is 3.53. The van der Waals surface area contributed by atoms with E-state index in [1.54, 1.807) is 23.1 Å². The molecule has 0 spiro atoms. The number of nitriles is 1. The van der Waals surface area contributed by atoms with Crippen LogP contribution in [0.1, 0.15) is 24.8 Å². The molecular weight excluding hydrogens is 212 g/mol. The zero-order valence-corrected chi connectivity index (χ0v) is 9.60. The highest BCUT2D eigenvalue weighted by molar-refractivity contribution is 6.01. The molecule has 1 aromatic rings. The number of carbonyl (C=O) groups excluding carboxylic acids is 1. The maximum Gasteiger partial charge on any atom is 0.250 e. The van der Waals surface area contributed by atoms with Crippen LogP contribution in [0.2, 0.25) is 0 Å². The SMILES string of the molecule is C=CC(=O)N(c1cccc(C#N)c1)C1CCC1. The molecular formula is C14H14N2O. The predicted molar refractivity (Wildman–Crippen MR) is 66.5 cm³/mol. The second-order valence-corrected chi connectivity index (χ2v) is 4.16. The van der Waals surface area contributed by atoms with E-state index in [9.17, 15) is 4.79 Å². The predicted octanol–water partition coefficient (Wildman–Crippen LogP) is 2.63. The van der Waals surface area contributed by atoms with Crippen LogP contribution in [-0.2, 0) is 4.79 Å². The molecule has 0 unspecified atom stereocenters. The third-order valence-electron chi connectivity index (χ3n) is 3.11. The minimum atomic E-state index is -0.0928. The van der Waals surface area contributed by atoms with Gasteiger partial charge >= 0.3 is 0 Å². The third-order valence-corrected chi connectivity index (χ3v) is 3.11. The standard InChI is InChI=1S/C14H14N2O/c1-2-14(17)16(12-6-4-7-12)13-8-3-5-11(9-13)10-15/h2-3,5,8-9,12H,1,4,6-7H2. The van der Waals surface area contributed by atoms with Gasteiger partial charge in [-0.1, -0.05) is 12.6 Å². The van der Waals surface area contributed by atoms with Crippen molar-refractivity contribution in [3.63, 3.8) is 0 Å². The van der Waals surface area contributed by atoms with Gasteiger partial charge in [-0.15, -0.1) is 0 Å². The van der Waals surface area contributed by atoms with Gasteiger partial charge in [-0.3, -0.25) is 4.79 Å². The summed E-state index contributed by atoms with van der Waals surface area (Å²) in [6, 6.07) is 9.50. The van der Waals surface area contributed by atoms with Crippen molar-refractivity contribution in [2.75, 3.05) is 4.90 Å². The summed E-state index contributed by atoms with van der Waals surface area (Å²) in [4.78, 5) is 13.6. The van der Waals surface area contributed by atoms with E-state index in [1.807, 2.05) is 6.07 Å². The van der Waals surface area contributed by atoms with Crippen molar-refractivity contribution >= 4 is 11.6 Å². The average Bonchev–Trinajstić information content (AvgIpc) is 2.32. The van der Waals surface area contributed by atoms with Gasteiger partial charge in [0.2, 0.25) is 0 Å². The summed E-state index contributed by atoms with van der Waals surface area (Å²) in [7, 11) is 0. The van der Waals surface area contributed by atoms with E-state index in [4.69, 9.17) is 5.26 Å². The van der Waals surface area contributed by atoms with Gasteiger partial charge in [0.1, 0.15) is 0 Å². The first kappa shape index (κ1) is 11.4. The molecule has 3 nitrogen and oxygen atoms in total. The van der Waals surface area contributed by atoms with Crippen LogP contribution < -0.4 is 4.90 Å². The van der Waals surface area contributed by atoms with Crippen LogP contribution in [0.5, 0.6) is 0 Å². The third kappa shape index (κ3) is 2.21. The van der Waals surface area contributed by atoms with Crippen LogP contribution in [0.15, 0.2) is 36.9 Å². The van der Waals surface area contributed by atoms with Gasteiger partial charge in [-0.2, -0.15) is 5.26 Å². The number of nitrogens with zero attached hydrogens (tertiary/aromatic N) is 2. The molecule has 0 aromatic heterocycles. The summed E-state index contributed by atoms with van der Waals surface area (Å²) in [6.07, 6.45) is 4.54. The van der Waals surface area contributed by atoms with Crippen molar-refractivity contribution in [3.8, 4) is 6.07 Å². The molecule has 1 fully saturated rings. The quantitative estimate of drug-likeness (QED) is 0.744. The highest BCUT2D eigenvalue weighted by Gasteiger charge is 2.28. The second kappa shape index (κ2) is 4.84. The monoisotopic (exact) mass is 226 g/mol.